The van der Waals surface area contributed by atoms with Crippen molar-refractivity contribution >= 4 is 39.3 Å². The minimum Gasteiger partial charge on any atom is -0.479 e. The fourth-order valence-corrected chi connectivity index (χ4v) is 2.41. The summed E-state index contributed by atoms with van der Waals surface area (Å²) in [7, 11) is 0. The van der Waals surface area contributed by atoms with E-state index < -0.39 is 12.1 Å². The summed E-state index contributed by atoms with van der Waals surface area (Å²) in [5, 5.41) is 18.8. The highest BCUT2D eigenvalue weighted by Crippen LogP contribution is 2.25. The third kappa shape index (κ3) is 3.54. The van der Waals surface area contributed by atoms with E-state index in [1.807, 2.05) is 0 Å². The number of rotatable bonds is 6. The van der Waals surface area contributed by atoms with E-state index in [4.69, 9.17) is 16.7 Å². The van der Waals surface area contributed by atoms with Gasteiger partial charge in [0.1, 0.15) is 0 Å². The first-order valence-electron chi connectivity index (χ1n) is 5.16. The van der Waals surface area contributed by atoms with Crippen LogP contribution in [-0.4, -0.2) is 27.8 Å². The van der Waals surface area contributed by atoms with Crippen LogP contribution in [0.1, 0.15) is 22.8 Å². The van der Waals surface area contributed by atoms with Crippen molar-refractivity contribution in [2.45, 2.75) is 17.9 Å². The molecule has 18 heavy (non-hydrogen) atoms. The molecule has 0 aromatic heterocycles. The summed E-state index contributed by atoms with van der Waals surface area (Å²) in [6.07, 6.45) is -1.46. The number of aliphatic hydroxyl groups is 1. The lowest BCUT2D eigenvalue weighted by Gasteiger charge is -2.14. The number of halogens is 2. The molecular weight excluding hydrogens is 323 g/mol. The van der Waals surface area contributed by atoms with E-state index in [9.17, 15) is 14.7 Å². The van der Waals surface area contributed by atoms with Crippen molar-refractivity contribution in [3.63, 3.8) is 0 Å². The van der Waals surface area contributed by atoms with Gasteiger partial charge in [-0.15, -0.1) is 11.6 Å². The highest BCUT2D eigenvalue weighted by Gasteiger charge is 2.21. The Labute approximate surface area is 118 Å². The van der Waals surface area contributed by atoms with Crippen LogP contribution in [0.2, 0.25) is 0 Å². The molecule has 0 aliphatic rings. The minimum absolute atomic E-state index is 0.0898. The number of alkyl halides is 2. The highest BCUT2D eigenvalue weighted by atomic mass is 79.9. The van der Waals surface area contributed by atoms with Gasteiger partial charge in [-0.05, 0) is 16.7 Å². The van der Waals surface area contributed by atoms with Crippen LogP contribution in [-0.2, 0) is 21.3 Å². The quantitative estimate of drug-likeness (QED) is 0.780. The van der Waals surface area contributed by atoms with Gasteiger partial charge in [0.25, 0.3) is 0 Å². The average molecular weight is 336 g/mol. The Kier molecular flexibility index (Phi) is 5.78. The summed E-state index contributed by atoms with van der Waals surface area (Å²) in [4.78, 5) is 22.1. The Morgan fingerprint density at radius 2 is 2.06 bits per heavy atom. The molecule has 0 saturated carbocycles. The molecule has 4 nitrogen and oxygen atoms in total. The second-order valence-corrected chi connectivity index (χ2v) is 4.54. The summed E-state index contributed by atoms with van der Waals surface area (Å²) >= 11 is 8.69. The van der Waals surface area contributed by atoms with E-state index >= 15 is 0 Å². The summed E-state index contributed by atoms with van der Waals surface area (Å²) in [5.41, 5.74) is 1.58. The lowest BCUT2D eigenvalue weighted by molar-refractivity contribution is -0.147. The number of carbonyl (C=O) groups excluding carboxylic acids is 1. The van der Waals surface area contributed by atoms with Gasteiger partial charge < -0.3 is 10.2 Å². The molecule has 1 aromatic rings. The molecule has 1 unspecified atom stereocenters. The van der Waals surface area contributed by atoms with E-state index in [1.54, 1.807) is 12.1 Å². The van der Waals surface area contributed by atoms with Crippen molar-refractivity contribution < 1.29 is 19.8 Å². The zero-order valence-corrected chi connectivity index (χ0v) is 11.7. The normalized spacial score (nSPS) is 12.2. The summed E-state index contributed by atoms with van der Waals surface area (Å²) in [5.74, 6) is -1.56. The molecule has 6 heteroatoms. The van der Waals surface area contributed by atoms with Gasteiger partial charge in [-0.1, -0.05) is 34.1 Å². The molecule has 0 fully saturated rings. The average Bonchev–Trinajstić information content (AvgIpc) is 2.37. The van der Waals surface area contributed by atoms with Crippen molar-refractivity contribution in [2.75, 3.05) is 5.88 Å². The number of aliphatic hydroxyl groups excluding tert-OH is 1. The molecule has 1 rings (SSSR count). The van der Waals surface area contributed by atoms with Gasteiger partial charge in [-0.2, -0.15) is 0 Å². The number of carboxylic acids is 1. The third-order valence-electron chi connectivity index (χ3n) is 2.51. The third-order valence-corrected chi connectivity index (χ3v) is 3.37. The predicted molar refractivity (Wildman–Crippen MR) is 71.1 cm³/mol. The molecule has 0 heterocycles. The molecule has 0 amide bonds. The van der Waals surface area contributed by atoms with Crippen molar-refractivity contribution in [3.05, 3.63) is 34.9 Å². The van der Waals surface area contributed by atoms with Crippen molar-refractivity contribution in [3.8, 4) is 0 Å². The Morgan fingerprint density at radius 1 is 1.39 bits per heavy atom. The zero-order chi connectivity index (χ0) is 13.7. The van der Waals surface area contributed by atoms with Gasteiger partial charge in [0.15, 0.2) is 11.9 Å². The second kappa shape index (κ2) is 6.87. The Morgan fingerprint density at radius 3 is 2.56 bits per heavy atom. The Hall–Kier alpha value is -0.910. The number of carbonyl (C=O) groups is 2. The number of ketones is 1. The van der Waals surface area contributed by atoms with E-state index in [0.29, 0.717) is 22.0 Å². The van der Waals surface area contributed by atoms with Gasteiger partial charge in [0.2, 0.25) is 0 Å². The van der Waals surface area contributed by atoms with Gasteiger partial charge in [0, 0.05) is 11.8 Å². The summed E-state index contributed by atoms with van der Waals surface area (Å²) in [6, 6.07) is 4.87. The Balaban J connectivity index is 3.17. The van der Waals surface area contributed by atoms with Gasteiger partial charge in [-0.3, -0.25) is 4.79 Å². The monoisotopic (exact) mass is 334 g/mol. The van der Waals surface area contributed by atoms with Crippen LogP contribution in [0, 0.1) is 0 Å². The molecule has 0 spiro atoms. The first kappa shape index (κ1) is 15.1. The first-order chi connectivity index (χ1) is 8.51. The smallest absolute Gasteiger partial charge is 0.337 e. The van der Waals surface area contributed by atoms with Crippen LogP contribution >= 0.6 is 27.5 Å². The molecule has 0 bridgehead atoms. The van der Waals surface area contributed by atoms with Crippen LogP contribution < -0.4 is 0 Å². The zero-order valence-electron chi connectivity index (χ0n) is 9.40. The van der Waals surface area contributed by atoms with Gasteiger partial charge in [-0.25, -0.2) is 4.79 Å². The fraction of sp³-hybridized carbons (Fsp3) is 0.333. The fourth-order valence-electron chi connectivity index (χ4n) is 1.63. The number of benzene rings is 1. The number of Topliss-reactive ketones (excluding diaryl/α,β-unsaturated/α-hetero) is 1. The summed E-state index contributed by atoms with van der Waals surface area (Å²) in [6.45, 7) is 0. The van der Waals surface area contributed by atoms with E-state index in [0.717, 1.165) is 0 Å². The van der Waals surface area contributed by atoms with Crippen LogP contribution in [0.15, 0.2) is 18.2 Å². The topological polar surface area (TPSA) is 74.6 Å². The van der Waals surface area contributed by atoms with Crippen LogP contribution in [0.4, 0.5) is 0 Å². The van der Waals surface area contributed by atoms with Gasteiger partial charge in [0.05, 0.1) is 5.88 Å². The molecule has 98 valence electrons. The molecular formula is C12H12BrClO4. The lowest BCUT2D eigenvalue weighted by atomic mass is 9.95. The molecule has 2 N–H and O–H groups in total. The largest absolute Gasteiger partial charge is 0.479 e. The number of hydrogen-bond acceptors (Lipinski definition) is 3. The van der Waals surface area contributed by atoms with Crippen LogP contribution in [0.3, 0.4) is 0 Å². The lowest BCUT2D eigenvalue weighted by Crippen LogP contribution is -2.14. The maximum Gasteiger partial charge on any atom is 0.337 e. The SMILES string of the molecule is O=C(CCl)Cc1cccc(C(O)C(=O)O)c1CBr. The molecule has 0 saturated heterocycles. The van der Waals surface area contributed by atoms with Gasteiger partial charge >= 0.3 is 5.97 Å². The Bertz CT molecular complexity index is 461. The first-order valence-corrected chi connectivity index (χ1v) is 6.82. The van der Waals surface area contributed by atoms with Crippen molar-refractivity contribution in [1.82, 2.24) is 0 Å². The predicted octanol–water partition coefficient (Wildman–Crippen LogP) is 2.05. The van der Waals surface area contributed by atoms with Crippen molar-refractivity contribution in [1.29, 1.82) is 0 Å². The van der Waals surface area contributed by atoms with E-state index in [2.05, 4.69) is 15.9 Å². The maximum absolute atomic E-state index is 11.3. The number of hydrogen-bond donors (Lipinski definition) is 2. The maximum atomic E-state index is 11.3. The molecule has 1 atom stereocenters. The van der Waals surface area contributed by atoms with Crippen molar-refractivity contribution in [2.24, 2.45) is 0 Å². The minimum atomic E-state index is -1.59. The number of carboxylic acid groups (broad SMARTS) is 1. The number of aliphatic carboxylic acids is 1. The summed E-state index contributed by atoms with van der Waals surface area (Å²) < 4.78 is 0. The van der Waals surface area contributed by atoms with Crippen LogP contribution in [0.5, 0.6) is 0 Å². The molecule has 0 aliphatic heterocycles. The van der Waals surface area contributed by atoms with E-state index in [1.165, 1.54) is 6.07 Å². The second-order valence-electron chi connectivity index (χ2n) is 3.71. The van der Waals surface area contributed by atoms with Crippen LogP contribution in [0.25, 0.3) is 0 Å². The highest BCUT2D eigenvalue weighted by molar-refractivity contribution is 9.08. The molecule has 0 radical (unpaired) electrons. The molecule has 1 aromatic carbocycles. The van der Waals surface area contributed by atoms with E-state index in [-0.39, 0.29) is 18.1 Å². The molecule has 0 aliphatic carbocycles. The standard InChI is InChI=1S/C12H12BrClO4/c13-5-10-7(4-8(15)6-14)2-1-3-9(10)11(16)12(17)18/h1-3,11,16H,4-6H2,(H,17,18).